The molecule has 0 aliphatic rings. The van der Waals surface area contributed by atoms with Gasteiger partial charge in [0.05, 0.1) is 0 Å². The van der Waals surface area contributed by atoms with Gasteiger partial charge in [-0.3, -0.25) is 4.79 Å². The van der Waals surface area contributed by atoms with Gasteiger partial charge in [0.2, 0.25) is 0 Å². The Bertz CT molecular complexity index is 817. The van der Waals surface area contributed by atoms with Gasteiger partial charge in [0.25, 0.3) is 0 Å². The zero-order valence-corrected chi connectivity index (χ0v) is 20.2. The van der Waals surface area contributed by atoms with Crippen molar-refractivity contribution in [1.82, 2.24) is 0 Å². The highest BCUT2D eigenvalue weighted by molar-refractivity contribution is 6.03. The van der Waals surface area contributed by atoms with Crippen molar-refractivity contribution in [2.75, 3.05) is 5.32 Å². The number of carbonyl (C=O) groups excluding carboxylic acids is 1. The Hall–Kier alpha value is -1.83. The quantitative estimate of drug-likeness (QED) is 0.280. The van der Waals surface area contributed by atoms with Crippen molar-refractivity contribution in [3.8, 4) is 0 Å². The first-order valence-electron chi connectivity index (χ1n) is 12.1. The van der Waals surface area contributed by atoms with E-state index in [2.05, 4.69) is 77.2 Å². The summed E-state index contributed by atoms with van der Waals surface area (Å²) in [5.41, 5.74) is 1.77. The van der Waals surface area contributed by atoms with Gasteiger partial charge < -0.3 is 5.32 Å². The van der Waals surface area contributed by atoms with Crippen molar-refractivity contribution in [1.29, 1.82) is 0 Å². The Morgan fingerprint density at radius 3 is 2.03 bits per heavy atom. The van der Waals surface area contributed by atoms with Gasteiger partial charge >= 0.3 is 0 Å². The number of hydrogen-bond donors (Lipinski definition) is 1. The van der Waals surface area contributed by atoms with E-state index < -0.39 is 0 Å². The average molecular weight is 410 g/mol. The number of rotatable bonds is 12. The van der Waals surface area contributed by atoms with Crippen molar-refractivity contribution in [2.45, 2.75) is 105 Å². The summed E-state index contributed by atoms with van der Waals surface area (Å²) in [5.74, 6) is 0.324. The molecule has 0 spiro atoms. The molecule has 2 nitrogen and oxygen atoms in total. The van der Waals surface area contributed by atoms with Crippen molar-refractivity contribution < 1.29 is 4.79 Å². The van der Waals surface area contributed by atoms with Crippen molar-refractivity contribution >= 4 is 22.2 Å². The number of ketones is 1. The maximum atomic E-state index is 13.6. The second-order valence-electron chi connectivity index (χ2n) is 10.3. The fourth-order valence-corrected chi connectivity index (χ4v) is 4.28. The summed E-state index contributed by atoms with van der Waals surface area (Å²) in [6.45, 7) is 13.2. The van der Waals surface area contributed by atoms with Gasteiger partial charge in [-0.15, -0.1) is 0 Å². The zero-order chi connectivity index (χ0) is 22.2. The molecule has 1 unspecified atom stereocenters. The molecule has 0 aliphatic heterocycles. The van der Waals surface area contributed by atoms with Crippen LogP contribution in [-0.2, 0) is 0 Å². The molecule has 166 valence electrons. The first kappa shape index (κ1) is 24.4. The van der Waals surface area contributed by atoms with Gasteiger partial charge in [0.1, 0.15) is 0 Å². The lowest BCUT2D eigenvalue weighted by Gasteiger charge is -2.28. The molecule has 2 rings (SSSR count). The predicted molar refractivity (Wildman–Crippen MR) is 133 cm³/mol. The summed E-state index contributed by atoms with van der Waals surface area (Å²) in [7, 11) is 0. The number of Topliss-reactive ketones (excluding diaryl/α,β-unsaturated/α-hetero) is 1. The van der Waals surface area contributed by atoms with Crippen LogP contribution in [0.1, 0.15) is 110 Å². The summed E-state index contributed by atoms with van der Waals surface area (Å²) < 4.78 is 0. The molecule has 0 aromatic heterocycles. The Morgan fingerprint density at radius 1 is 0.767 bits per heavy atom. The summed E-state index contributed by atoms with van der Waals surface area (Å²) in [6.07, 6.45) is 10.5. The minimum atomic E-state index is -0.246. The normalized spacial score (nSPS) is 13.9. The van der Waals surface area contributed by atoms with Crippen LogP contribution in [0.5, 0.6) is 0 Å². The lowest BCUT2D eigenvalue weighted by atomic mass is 9.74. The highest BCUT2D eigenvalue weighted by Gasteiger charge is 2.32. The largest absolute Gasteiger partial charge is 0.380 e. The molecule has 30 heavy (non-hydrogen) atoms. The Morgan fingerprint density at radius 2 is 1.37 bits per heavy atom. The van der Waals surface area contributed by atoms with Gasteiger partial charge in [0, 0.05) is 22.2 Å². The van der Waals surface area contributed by atoms with Gasteiger partial charge in [-0.1, -0.05) is 83.9 Å². The molecule has 0 aliphatic carbocycles. The van der Waals surface area contributed by atoms with Crippen LogP contribution in [0.2, 0.25) is 0 Å². The van der Waals surface area contributed by atoms with Crippen LogP contribution in [-0.4, -0.2) is 11.3 Å². The second-order valence-corrected chi connectivity index (χ2v) is 10.3. The van der Waals surface area contributed by atoms with E-state index in [1.54, 1.807) is 0 Å². The van der Waals surface area contributed by atoms with Gasteiger partial charge in [-0.05, 0) is 62.6 Å². The number of unbranched alkanes of at least 4 members (excludes halogenated alkanes) is 5. The van der Waals surface area contributed by atoms with E-state index in [4.69, 9.17) is 0 Å². The molecule has 1 atom stereocenters. The van der Waals surface area contributed by atoms with E-state index >= 15 is 0 Å². The van der Waals surface area contributed by atoms with E-state index in [0.29, 0.717) is 5.78 Å². The van der Waals surface area contributed by atoms with Crippen molar-refractivity contribution in [2.24, 2.45) is 5.41 Å². The van der Waals surface area contributed by atoms with E-state index in [-0.39, 0.29) is 11.0 Å². The lowest BCUT2D eigenvalue weighted by molar-refractivity contribution is 0.0778. The Kier molecular flexibility index (Phi) is 8.94. The van der Waals surface area contributed by atoms with Crippen molar-refractivity contribution in [3.05, 3.63) is 42.0 Å². The van der Waals surface area contributed by atoms with Crippen LogP contribution in [0.15, 0.2) is 36.4 Å². The Labute approximate surface area is 184 Å². The fourth-order valence-electron chi connectivity index (χ4n) is 4.28. The number of carbonyl (C=O) groups is 1. The molecule has 0 saturated heterocycles. The van der Waals surface area contributed by atoms with Gasteiger partial charge in [-0.2, -0.15) is 0 Å². The summed E-state index contributed by atoms with van der Waals surface area (Å²) in [6, 6.07) is 12.7. The molecule has 0 radical (unpaired) electrons. The van der Waals surface area contributed by atoms with Crippen molar-refractivity contribution in [3.63, 3.8) is 0 Å². The maximum absolute atomic E-state index is 13.6. The highest BCUT2D eigenvalue weighted by Crippen LogP contribution is 2.36. The molecule has 0 fully saturated rings. The molecule has 0 bridgehead atoms. The molecule has 0 saturated carbocycles. The van der Waals surface area contributed by atoms with E-state index in [1.165, 1.54) is 31.1 Å². The highest BCUT2D eigenvalue weighted by atomic mass is 16.1. The molecule has 2 aromatic carbocycles. The molecule has 1 N–H and O–H groups in total. The van der Waals surface area contributed by atoms with Crippen LogP contribution >= 0.6 is 0 Å². The lowest BCUT2D eigenvalue weighted by Crippen LogP contribution is -2.28. The van der Waals surface area contributed by atoms with E-state index in [9.17, 15) is 4.79 Å². The third-order valence-corrected chi connectivity index (χ3v) is 6.08. The number of hydrogen-bond acceptors (Lipinski definition) is 2. The topological polar surface area (TPSA) is 29.1 Å². The van der Waals surface area contributed by atoms with Crippen LogP contribution in [0.4, 0.5) is 5.69 Å². The van der Waals surface area contributed by atoms with Crippen LogP contribution in [0.25, 0.3) is 10.8 Å². The number of benzene rings is 2. The first-order chi connectivity index (χ1) is 14.2. The minimum Gasteiger partial charge on any atom is -0.380 e. The molecule has 0 heterocycles. The summed E-state index contributed by atoms with van der Waals surface area (Å²) >= 11 is 0. The maximum Gasteiger partial charge on any atom is 0.168 e. The van der Waals surface area contributed by atoms with Crippen LogP contribution < -0.4 is 5.32 Å². The zero-order valence-electron chi connectivity index (χ0n) is 20.2. The van der Waals surface area contributed by atoms with E-state index in [0.717, 1.165) is 48.7 Å². The van der Waals surface area contributed by atoms with Gasteiger partial charge in [0.15, 0.2) is 5.78 Å². The summed E-state index contributed by atoms with van der Waals surface area (Å²) in [4.78, 5) is 13.6. The number of anilines is 1. The minimum absolute atomic E-state index is 0.0296. The second kappa shape index (κ2) is 11.0. The average Bonchev–Trinajstić information content (AvgIpc) is 2.70. The van der Waals surface area contributed by atoms with Crippen LogP contribution in [0.3, 0.4) is 0 Å². The molecular weight excluding hydrogens is 366 g/mol. The monoisotopic (exact) mass is 409 g/mol. The SMILES string of the molecule is CCCCCCCC(C)(CCCC)C(=O)c1ccc2cc(NC(C)(C)C)ccc2c1. The smallest absolute Gasteiger partial charge is 0.168 e. The van der Waals surface area contributed by atoms with Gasteiger partial charge in [-0.25, -0.2) is 0 Å². The number of nitrogens with one attached hydrogen (secondary N) is 1. The first-order valence-corrected chi connectivity index (χ1v) is 12.1. The standard InChI is InChI=1S/C28H43NO/c1-7-9-11-12-13-19-28(6,18-10-8-2)26(30)24-15-14-23-21-25(29-27(3,4)5)17-16-22(23)20-24/h14-17,20-21,29H,7-13,18-19H2,1-6H3. The Balaban J connectivity index is 2.20. The molecule has 2 aromatic rings. The number of fused-ring (bicyclic) bond motifs is 1. The summed E-state index contributed by atoms with van der Waals surface area (Å²) in [5, 5.41) is 5.85. The fraction of sp³-hybridized carbons (Fsp3) is 0.607. The van der Waals surface area contributed by atoms with E-state index in [1.807, 2.05) is 6.07 Å². The predicted octanol–water partition coefficient (Wildman–Crippen LogP) is 8.79. The molecular formula is C28H43NO. The third-order valence-electron chi connectivity index (χ3n) is 6.08. The third kappa shape index (κ3) is 7.15. The van der Waals surface area contributed by atoms with Crippen LogP contribution in [0, 0.1) is 5.41 Å². The molecule has 2 heteroatoms. The molecule has 0 amide bonds.